The molecule has 2 fully saturated rings. The van der Waals surface area contributed by atoms with Crippen LogP contribution in [0.3, 0.4) is 0 Å². The molecule has 1 atom stereocenters. The fourth-order valence-electron chi connectivity index (χ4n) is 4.45. The maximum atomic E-state index is 12.7. The molecular weight excluding hydrogens is 450 g/mol. The van der Waals surface area contributed by atoms with Crippen LogP contribution in [0.5, 0.6) is 0 Å². The van der Waals surface area contributed by atoms with Crippen molar-refractivity contribution in [2.24, 2.45) is 0 Å². The summed E-state index contributed by atoms with van der Waals surface area (Å²) in [5, 5.41) is 3.04. The number of hydrogen-bond acceptors (Lipinski definition) is 5. The van der Waals surface area contributed by atoms with Crippen LogP contribution in [-0.2, 0) is 26.1 Å². The second-order valence-electron chi connectivity index (χ2n) is 8.77. The Morgan fingerprint density at radius 1 is 1.00 bits per heavy atom. The highest BCUT2D eigenvalue weighted by atomic mass is 32.2. The number of sulfonamides is 1. The lowest BCUT2D eigenvalue weighted by molar-refractivity contribution is -0.116. The van der Waals surface area contributed by atoms with Gasteiger partial charge in [-0.2, -0.15) is 4.31 Å². The molecule has 182 valence electrons. The van der Waals surface area contributed by atoms with Crippen LogP contribution in [-0.4, -0.2) is 69.0 Å². The summed E-state index contributed by atoms with van der Waals surface area (Å²) in [6.07, 6.45) is 6.67. The van der Waals surface area contributed by atoms with Crippen LogP contribution in [0.4, 0.5) is 0 Å². The van der Waals surface area contributed by atoms with E-state index in [1.807, 2.05) is 6.07 Å². The van der Waals surface area contributed by atoms with Gasteiger partial charge in [0.1, 0.15) is 0 Å². The Bertz CT molecular complexity index is 1060. The maximum absolute atomic E-state index is 12.7. The van der Waals surface area contributed by atoms with Gasteiger partial charge >= 0.3 is 0 Å². The van der Waals surface area contributed by atoms with E-state index in [9.17, 15) is 13.2 Å². The van der Waals surface area contributed by atoms with Gasteiger partial charge in [-0.1, -0.05) is 48.9 Å². The van der Waals surface area contributed by atoms with Crippen molar-refractivity contribution >= 4 is 22.0 Å². The zero-order valence-corrected chi connectivity index (χ0v) is 20.3. The number of nitrogens with one attached hydrogen (secondary N) is 1. The normalized spacial score (nSPS) is 20.4. The van der Waals surface area contributed by atoms with Crippen molar-refractivity contribution in [3.8, 4) is 0 Å². The first-order chi connectivity index (χ1) is 16.5. The Kier molecular flexibility index (Phi) is 8.50. The van der Waals surface area contributed by atoms with Crippen molar-refractivity contribution in [3.63, 3.8) is 0 Å². The fourth-order valence-corrected chi connectivity index (χ4v) is 5.86. The van der Waals surface area contributed by atoms with Crippen LogP contribution in [0, 0.1) is 0 Å². The number of amides is 1. The molecule has 0 aliphatic carbocycles. The number of benzene rings is 2. The summed E-state index contributed by atoms with van der Waals surface area (Å²) in [6.45, 7) is 4.14. The Balaban J connectivity index is 1.29. The van der Waals surface area contributed by atoms with Gasteiger partial charge in [0.15, 0.2) is 0 Å². The molecule has 2 aromatic rings. The van der Waals surface area contributed by atoms with E-state index in [1.165, 1.54) is 28.8 Å². The molecule has 0 saturated carbocycles. The lowest BCUT2D eigenvalue weighted by Crippen LogP contribution is -2.45. The summed E-state index contributed by atoms with van der Waals surface area (Å²) in [4.78, 5) is 15.1. The number of morpholine rings is 1. The van der Waals surface area contributed by atoms with E-state index in [2.05, 4.69) is 34.5 Å². The average Bonchev–Trinajstić information content (AvgIpc) is 2.88. The third-order valence-electron chi connectivity index (χ3n) is 6.40. The van der Waals surface area contributed by atoms with Crippen molar-refractivity contribution in [3.05, 3.63) is 71.8 Å². The van der Waals surface area contributed by atoms with E-state index < -0.39 is 10.0 Å². The highest BCUT2D eigenvalue weighted by Crippen LogP contribution is 2.20. The van der Waals surface area contributed by atoms with E-state index in [0.717, 1.165) is 25.1 Å². The van der Waals surface area contributed by atoms with Crippen LogP contribution in [0.25, 0.3) is 6.08 Å². The minimum atomic E-state index is -3.51. The molecule has 2 aliphatic rings. The smallest absolute Gasteiger partial charge is 0.244 e. The Hall–Kier alpha value is -2.52. The van der Waals surface area contributed by atoms with Gasteiger partial charge in [-0.05, 0) is 48.7 Å². The molecule has 2 saturated heterocycles. The summed E-state index contributed by atoms with van der Waals surface area (Å²) in [5.41, 5.74) is 2.07. The first-order valence-electron chi connectivity index (χ1n) is 11.9. The van der Waals surface area contributed by atoms with Gasteiger partial charge in [0, 0.05) is 38.3 Å². The molecule has 0 spiro atoms. The SMILES string of the molecule is O=C(/C=C/c1ccc(S(=O)(=O)N2CCOCC2)cc1)NCC1CCCCN1Cc1ccccc1. The van der Waals surface area contributed by atoms with Crippen LogP contribution in [0.1, 0.15) is 30.4 Å². The average molecular weight is 484 g/mol. The molecule has 4 rings (SSSR count). The molecule has 1 amide bonds. The van der Waals surface area contributed by atoms with Gasteiger partial charge in [-0.15, -0.1) is 0 Å². The van der Waals surface area contributed by atoms with Crippen molar-refractivity contribution in [1.29, 1.82) is 0 Å². The fraction of sp³-hybridized carbons (Fsp3) is 0.423. The van der Waals surface area contributed by atoms with Gasteiger partial charge in [0.2, 0.25) is 15.9 Å². The van der Waals surface area contributed by atoms with Crippen molar-refractivity contribution in [2.75, 3.05) is 39.4 Å². The van der Waals surface area contributed by atoms with Gasteiger partial charge in [0.25, 0.3) is 0 Å². The van der Waals surface area contributed by atoms with E-state index in [0.29, 0.717) is 38.9 Å². The molecule has 2 aliphatic heterocycles. The molecule has 1 unspecified atom stereocenters. The monoisotopic (exact) mass is 483 g/mol. The standard InChI is InChI=1S/C26H33N3O4S/c30-26(27-20-24-8-4-5-15-28(24)21-23-6-2-1-3-7-23)14-11-22-9-12-25(13-10-22)34(31,32)29-16-18-33-19-17-29/h1-3,6-7,9-14,24H,4-5,8,15-21H2,(H,27,30)/b14-11+. The summed E-state index contributed by atoms with van der Waals surface area (Å²) in [5.74, 6) is -0.143. The molecule has 1 N–H and O–H groups in total. The number of rotatable bonds is 8. The van der Waals surface area contributed by atoms with E-state index in [1.54, 1.807) is 30.3 Å². The van der Waals surface area contributed by atoms with Gasteiger partial charge in [0.05, 0.1) is 18.1 Å². The summed E-state index contributed by atoms with van der Waals surface area (Å²) >= 11 is 0. The third kappa shape index (κ3) is 6.54. The first-order valence-corrected chi connectivity index (χ1v) is 13.4. The second kappa shape index (κ2) is 11.8. The second-order valence-corrected chi connectivity index (χ2v) is 10.7. The molecule has 2 heterocycles. The van der Waals surface area contributed by atoms with Crippen molar-refractivity contribution in [2.45, 2.75) is 36.7 Å². The Morgan fingerprint density at radius 3 is 2.47 bits per heavy atom. The lowest BCUT2D eigenvalue weighted by Gasteiger charge is -2.35. The summed E-state index contributed by atoms with van der Waals surface area (Å²) < 4.78 is 32.1. The molecule has 7 nitrogen and oxygen atoms in total. The first kappa shape index (κ1) is 24.6. The van der Waals surface area contributed by atoms with E-state index in [-0.39, 0.29) is 10.8 Å². The van der Waals surface area contributed by atoms with Crippen LogP contribution in [0.15, 0.2) is 65.6 Å². The van der Waals surface area contributed by atoms with Crippen LogP contribution < -0.4 is 5.32 Å². The number of piperidine rings is 1. The lowest BCUT2D eigenvalue weighted by atomic mass is 10.0. The molecule has 2 aromatic carbocycles. The largest absolute Gasteiger partial charge is 0.379 e. The third-order valence-corrected chi connectivity index (χ3v) is 8.32. The quantitative estimate of drug-likeness (QED) is 0.584. The van der Waals surface area contributed by atoms with Crippen molar-refractivity contribution in [1.82, 2.24) is 14.5 Å². The zero-order valence-electron chi connectivity index (χ0n) is 19.4. The summed E-state index contributed by atoms with van der Waals surface area (Å²) in [6, 6.07) is 17.4. The van der Waals surface area contributed by atoms with E-state index >= 15 is 0 Å². The molecule has 34 heavy (non-hydrogen) atoms. The molecule has 0 aromatic heterocycles. The summed E-state index contributed by atoms with van der Waals surface area (Å²) in [7, 11) is -3.51. The van der Waals surface area contributed by atoms with Gasteiger partial charge in [-0.25, -0.2) is 8.42 Å². The topological polar surface area (TPSA) is 79.0 Å². The van der Waals surface area contributed by atoms with Crippen LogP contribution in [0.2, 0.25) is 0 Å². The molecular formula is C26H33N3O4S. The molecule has 0 bridgehead atoms. The highest BCUT2D eigenvalue weighted by molar-refractivity contribution is 7.89. The minimum Gasteiger partial charge on any atom is -0.379 e. The Morgan fingerprint density at radius 2 is 1.74 bits per heavy atom. The number of hydrogen-bond donors (Lipinski definition) is 1. The van der Waals surface area contributed by atoms with Gasteiger partial charge in [-0.3, -0.25) is 9.69 Å². The minimum absolute atomic E-state index is 0.143. The maximum Gasteiger partial charge on any atom is 0.244 e. The number of carbonyl (C=O) groups excluding carboxylic acids is 1. The zero-order chi connectivity index (χ0) is 23.8. The van der Waals surface area contributed by atoms with Crippen LogP contribution >= 0.6 is 0 Å². The van der Waals surface area contributed by atoms with E-state index in [4.69, 9.17) is 4.74 Å². The molecule has 8 heteroatoms. The number of nitrogens with zero attached hydrogens (tertiary/aromatic N) is 2. The number of carbonyl (C=O) groups is 1. The van der Waals surface area contributed by atoms with Gasteiger partial charge < -0.3 is 10.1 Å². The highest BCUT2D eigenvalue weighted by Gasteiger charge is 2.26. The number of ether oxygens (including phenoxy) is 1. The van der Waals surface area contributed by atoms with Crippen molar-refractivity contribution < 1.29 is 17.9 Å². The molecule has 0 radical (unpaired) electrons. The Labute approximate surface area is 202 Å². The predicted octanol–water partition coefficient (Wildman–Crippen LogP) is 2.89. The number of likely N-dealkylation sites (tertiary alicyclic amines) is 1. The predicted molar refractivity (Wildman–Crippen MR) is 133 cm³/mol.